The molecule has 19 heavy (non-hydrogen) atoms. The highest BCUT2D eigenvalue weighted by atomic mass is 16.5. The van der Waals surface area contributed by atoms with Crippen LogP contribution >= 0.6 is 0 Å². The molecule has 0 aliphatic heterocycles. The second-order valence-electron chi connectivity index (χ2n) is 4.87. The van der Waals surface area contributed by atoms with E-state index in [2.05, 4.69) is 11.4 Å². The monoisotopic (exact) mass is 260 g/mol. The second kappa shape index (κ2) is 6.44. The maximum absolute atomic E-state index is 9.07. The lowest BCUT2D eigenvalue weighted by molar-refractivity contribution is 0.392. The molecule has 1 aliphatic carbocycles. The first-order chi connectivity index (χ1) is 9.26. The maximum Gasteiger partial charge on any atom is 0.122 e. The zero-order valence-electron chi connectivity index (χ0n) is 11.5. The maximum atomic E-state index is 9.07. The molecule has 0 amide bonds. The first-order valence-electron chi connectivity index (χ1n) is 6.61. The van der Waals surface area contributed by atoms with E-state index in [9.17, 15) is 0 Å². The Morgan fingerprint density at radius 3 is 2.47 bits per heavy atom. The van der Waals surface area contributed by atoms with Gasteiger partial charge in [0.25, 0.3) is 0 Å². The van der Waals surface area contributed by atoms with Gasteiger partial charge < -0.3 is 14.8 Å². The predicted octanol–water partition coefficient (Wildman–Crippen LogP) is 2.49. The Hall–Kier alpha value is -1.73. The molecule has 4 heteroatoms. The van der Waals surface area contributed by atoms with Crippen LogP contribution in [-0.4, -0.2) is 20.3 Å². The van der Waals surface area contributed by atoms with Crippen LogP contribution in [0.3, 0.4) is 0 Å². The summed E-state index contributed by atoms with van der Waals surface area (Å²) in [6.07, 6.45) is 3.23. The van der Waals surface area contributed by atoms with Crippen molar-refractivity contribution < 1.29 is 9.47 Å². The van der Waals surface area contributed by atoms with E-state index in [1.165, 1.54) is 0 Å². The molecule has 0 heterocycles. The van der Waals surface area contributed by atoms with Crippen molar-refractivity contribution in [3.63, 3.8) is 0 Å². The Morgan fingerprint density at radius 1 is 1.21 bits per heavy atom. The van der Waals surface area contributed by atoms with Crippen molar-refractivity contribution in [1.82, 2.24) is 5.32 Å². The van der Waals surface area contributed by atoms with Gasteiger partial charge >= 0.3 is 0 Å². The van der Waals surface area contributed by atoms with Crippen LogP contribution in [0.25, 0.3) is 0 Å². The highest BCUT2D eigenvalue weighted by Gasteiger charge is 2.26. The van der Waals surface area contributed by atoms with Crippen molar-refractivity contribution in [3.8, 4) is 17.6 Å². The molecular formula is C15H20N2O2. The van der Waals surface area contributed by atoms with Crippen LogP contribution in [0.15, 0.2) is 18.2 Å². The van der Waals surface area contributed by atoms with Crippen molar-refractivity contribution in [2.45, 2.75) is 31.8 Å². The highest BCUT2D eigenvalue weighted by Crippen LogP contribution is 2.26. The second-order valence-corrected chi connectivity index (χ2v) is 4.87. The lowest BCUT2D eigenvalue weighted by Gasteiger charge is -2.16. The van der Waals surface area contributed by atoms with Crippen molar-refractivity contribution in [2.24, 2.45) is 5.92 Å². The number of nitrogens with zero attached hydrogens (tertiary/aromatic N) is 1. The summed E-state index contributed by atoms with van der Waals surface area (Å²) in [4.78, 5) is 0. The number of nitrogens with one attached hydrogen (secondary N) is 1. The van der Waals surface area contributed by atoms with Crippen LogP contribution in [0, 0.1) is 17.2 Å². The highest BCUT2D eigenvalue weighted by molar-refractivity contribution is 5.38. The van der Waals surface area contributed by atoms with Gasteiger partial charge in [-0.25, -0.2) is 0 Å². The number of benzene rings is 1. The molecule has 2 rings (SSSR count). The van der Waals surface area contributed by atoms with E-state index in [0.29, 0.717) is 6.04 Å². The van der Waals surface area contributed by atoms with E-state index in [1.54, 1.807) is 14.2 Å². The molecule has 2 atom stereocenters. The van der Waals surface area contributed by atoms with Gasteiger partial charge in [0.15, 0.2) is 0 Å². The van der Waals surface area contributed by atoms with Crippen LogP contribution in [-0.2, 0) is 6.54 Å². The third-order valence-electron chi connectivity index (χ3n) is 3.66. The molecule has 0 radical (unpaired) electrons. The lowest BCUT2D eigenvalue weighted by atomic mass is 10.1. The van der Waals surface area contributed by atoms with Gasteiger partial charge in [-0.05, 0) is 30.5 Å². The summed E-state index contributed by atoms with van der Waals surface area (Å²) in [5.74, 6) is 1.73. The van der Waals surface area contributed by atoms with Gasteiger partial charge in [-0.3, -0.25) is 0 Å². The fourth-order valence-electron chi connectivity index (χ4n) is 2.58. The summed E-state index contributed by atoms with van der Waals surface area (Å²) >= 11 is 0. The molecule has 1 aliphatic rings. The Labute approximate surface area is 114 Å². The van der Waals surface area contributed by atoms with Gasteiger partial charge in [0.1, 0.15) is 11.5 Å². The van der Waals surface area contributed by atoms with Gasteiger partial charge in [-0.1, -0.05) is 6.42 Å². The van der Waals surface area contributed by atoms with Crippen LogP contribution in [0.1, 0.15) is 24.8 Å². The molecule has 0 spiro atoms. The summed E-state index contributed by atoms with van der Waals surface area (Å²) in [5, 5.41) is 12.5. The van der Waals surface area contributed by atoms with E-state index < -0.39 is 0 Å². The van der Waals surface area contributed by atoms with Gasteiger partial charge in [-0.2, -0.15) is 5.26 Å². The van der Waals surface area contributed by atoms with E-state index >= 15 is 0 Å². The Balaban J connectivity index is 2.01. The molecule has 1 N–H and O–H groups in total. The smallest absolute Gasteiger partial charge is 0.122 e. The summed E-state index contributed by atoms with van der Waals surface area (Å²) in [6.45, 7) is 0.733. The number of hydrogen-bond donors (Lipinski definition) is 1. The first-order valence-corrected chi connectivity index (χ1v) is 6.61. The van der Waals surface area contributed by atoms with Crippen molar-refractivity contribution >= 4 is 0 Å². The zero-order valence-corrected chi connectivity index (χ0v) is 11.5. The fraction of sp³-hybridized carbons (Fsp3) is 0.533. The third-order valence-corrected chi connectivity index (χ3v) is 3.66. The quantitative estimate of drug-likeness (QED) is 0.883. The average molecular weight is 260 g/mol. The molecule has 1 fully saturated rings. The molecule has 0 saturated heterocycles. The van der Waals surface area contributed by atoms with Crippen LogP contribution in [0.5, 0.6) is 11.5 Å². The van der Waals surface area contributed by atoms with Crippen molar-refractivity contribution in [1.29, 1.82) is 5.26 Å². The Kier molecular flexibility index (Phi) is 4.64. The largest absolute Gasteiger partial charge is 0.497 e. The molecule has 0 aromatic heterocycles. The minimum atomic E-state index is 0.146. The fourth-order valence-corrected chi connectivity index (χ4v) is 2.58. The minimum absolute atomic E-state index is 0.146. The summed E-state index contributed by atoms with van der Waals surface area (Å²) in [5.41, 5.74) is 1.11. The average Bonchev–Trinajstić information content (AvgIpc) is 2.92. The van der Waals surface area contributed by atoms with Crippen molar-refractivity contribution in [2.75, 3.05) is 14.2 Å². The third kappa shape index (κ3) is 3.39. The van der Waals surface area contributed by atoms with Gasteiger partial charge in [0.2, 0.25) is 0 Å². The lowest BCUT2D eigenvalue weighted by Crippen LogP contribution is -2.31. The number of rotatable bonds is 5. The van der Waals surface area contributed by atoms with E-state index in [4.69, 9.17) is 14.7 Å². The minimum Gasteiger partial charge on any atom is -0.497 e. The number of ether oxygens (including phenoxy) is 2. The van der Waals surface area contributed by atoms with Gasteiger partial charge in [-0.15, -0.1) is 0 Å². The topological polar surface area (TPSA) is 54.3 Å². The van der Waals surface area contributed by atoms with Crippen LogP contribution in [0.2, 0.25) is 0 Å². The molecule has 1 aromatic rings. The van der Waals surface area contributed by atoms with Crippen LogP contribution < -0.4 is 14.8 Å². The normalized spacial score (nSPS) is 21.9. The molecule has 1 saturated carbocycles. The first kappa shape index (κ1) is 13.7. The molecule has 4 nitrogen and oxygen atoms in total. The van der Waals surface area contributed by atoms with Crippen molar-refractivity contribution in [3.05, 3.63) is 23.8 Å². The van der Waals surface area contributed by atoms with Gasteiger partial charge in [0.05, 0.1) is 26.2 Å². The van der Waals surface area contributed by atoms with Gasteiger partial charge in [0, 0.05) is 18.7 Å². The Morgan fingerprint density at radius 2 is 1.89 bits per heavy atom. The number of methoxy groups -OCH3 is 2. The molecule has 102 valence electrons. The Bertz CT molecular complexity index is 445. The standard InChI is InChI=1S/C15H20N2O2/c1-18-13-6-11(7-14(8-13)19-2)10-17-15-5-3-4-12(15)9-16/h6-8,12,15,17H,3-5,10H2,1-2H3. The summed E-state index contributed by atoms with van der Waals surface area (Å²) in [7, 11) is 3.29. The van der Waals surface area contributed by atoms with E-state index in [-0.39, 0.29) is 5.92 Å². The zero-order chi connectivity index (χ0) is 13.7. The van der Waals surface area contributed by atoms with E-state index in [1.807, 2.05) is 18.2 Å². The van der Waals surface area contributed by atoms with Crippen LogP contribution in [0.4, 0.5) is 0 Å². The predicted molar refractivity (Wildman–Crippen MR) is 73.1 cm³/mol. The number of hydrogen-bond acceptors (Lipinski definition) is 4. The molecular weight excluding hydrogens is 240 g/mol. The SMILES string of the molecule is COc1cc(CNC2CCCC2C#N)cc(OC)c1. The van der Waals surface area contributed by atoms with E-state index in [0.717, 1.165) is 42.9 Å². The molecule has 0 bridgehead atoms. The molecule has 1 aromatic carbocycles. The summed E-state index contributed by atoms with van der Waals surface area (Å²) in [6, 6.07) is 8.53. The number of nitriles is 1. The summed E-state index contributed by atoms with van der Waals surface area (Å²) < 4.78 is 10.5. The molecule has 2 unspecified atom stereocenters.